The van der Waals surface area contributed by atoms with Gasteiger partial charge in [-0.1, -0.05) is 15.9 Å². The van der Waals surface area contributed by atoms with Gasteiger partial charge in [-0.05, 0) is 28.1 Å². The summed E-state index contributed by atoms with van der Waals surface area (Å²) in [5.41, 5.74) is 0. The molecule has 8 heteroatoms. The third-order valence-corrected chi connectivity index (χ3v) is 4.58. The lowest BCUT2D eigenvalue weighted by Gasteiger charge is -2.19. The molecule has 0 N–H and O–H groups in total. The Morgan fingerprint density at radius 1 is 0.560 bits per heavy atom. The fourth-order valence-electron chi connectivity index (χ4n) is 2.23. The molecule has 0 amide bonds. The predicted molar refractivity (Wildman–Crippen MR) is 101 cm³/mol. The van der Waals surface area contributed by atoms with Crippen LogP contribution in [0.15, 0.2) is 27.1 Å². The van der Waals surface area contributed by atoms with Crippen LogP contribution in [0.25, 0.3) is 0 Å². The van der Waals surface area contributed by atoms with Crippen molar-refractivity contribution in [3.63, 3.8) is 0 Å². The Morgan fingerprint density at radius 2 is 1.04 bits per heavy atom. The van der Waals surface area contributed by atoms with Crippen molar-refractivity contribution in [1.29, 1.82) is 0 Å². The van der Waals surface area contributed by atoms with E-state index in [1.807, 2.05) is 0 Å². The SMILES string of the molecule is COc1cc(Br)cc(OC)c1Oc1cc(OC)c(OC)c(OC)c1Br. The largest absolute Gasteiger partial charge is 0.493 e. The first-order valence-electron chi connectivity index (χ1n) is 7.08. The van der Waals surface area contributed by atoms with Crippen molar-refractivity contribution in [3.05, 3.63) is 27.1 Å². The van der Waals surface area contributed by atoms with Gasteiger partial charge in [0.05, 0.1) is 35.5 Å². The van der Waals surface area contributed by atoms with E-state index in [1.165, 1.54) is 21.3 Å². The number of methoxy groups -OCH3 is 5. The Bertz CT molecular complexity index is 738. The average Bonchev–Trinajstić information content (AvgIpc) is 2.63. The molecule has 0 radical (unpaired) electrons. The van der Waals surface area contributed by atoms with E-state index in [9.17, 15) is 0 Å². The van der Waals surface area contributed by atoms with E-state index >= 15 is 0 Å². The second-order valence-electron chi connectivity index (χ2n) is 4.70. The summed E-state index contributed by atoms with van der Waals surface area (Å²) < 4.78 is 34.4. The molecule has 136 valence electrons. The molecule has 25 heavy (non-hydrogen) atoms. The van der Waals surface area contributed by atoms with Gasteiger partial charge in [-0.25, -0.2) is 0 Å². The minimum absolute atomic E-state index is 0.420. The molecule has 2 rings (SSSR count). The number of halogens is 2. The van der Waals surface area contributed by atoms with Crippen LogP contribution in [0.5, 0.6) is 40.2 Å². The number of hydrogen-bond acceptors (Lipinski definition) is 6. The minimum Gasteiger partial charge on any atom is -0.493 e. The van der Waals surface area contributed by atoms with Gasteiger partial charge in [0, 0.05) is 10.5 Å². The van der Waals surface area contributed by atoms with Gasteiger partial charge in [0.25, 0.3) is 0 Å². The summed E-state index contributed by atoms with van der Waals surface area (Å²) >= 11 is 6.90. The Morgan fingerprint density at radius 3 is 1.48 bits per heavy atom. The molecule has 2 aromatic rings. The zero-order chi connectivity index (χ0) is 18.6. The summed E-state index contributed by atoms with van der Waals surface area (Å²) in [6.07, 6.45) is 0. The standard InChI is InChI=1S/C17H18Br2O6/c1-20-11-6-9(18)7-12(21-2)15(11)25-10-8-13(22-3)16(23-4)17(24-5)14(10)19/h6-8H,1-5H3. The first-order chi connectivity index (χ1) is 12.0. The van der Waals surface area contributed by atoms with E-state index in [-0.39, 0.29) is 0 Å². The highest BCUT2D eigenvalue weighted by atomic mass is 79.9. The van der Waals surface area contributed by atoms with Gasteiger partial charge >= 0.3 is 0 Å². The van der Waals surface area contributed by atoms with E-state index in [0.29, 0.717) is 44.7 Å². The van der Waals surface area contributed by atoms with Crippen molar-refractivity contribution in [2.45, 2.75) is 0 Å². The maximum Gasteiger partial charge on any atom is 0.211 e. The van der Waals surface area contributed by atoms with E-state index in [4.69, 9.17) is 28.4 Å². The lowest BCUT2D eigenvalue weighted by atomic mass is 10.2. The Kier molecular flexibility index (Phi) is 6.66. The highest BCUT2D eigenvalue weighted by Crippen LogP contribution is 2.51. The molecule has 0 bridgehead atoms. The molecule has 0 heterocycles. The van der Waals surface area contributed by atoms with Gasteiger partial charge in [0.2, 0.25) is 11.5 Å². The molecule has 0 aromatic heterocycles. The second-order valence-corrected chi connectivity index (χ2v) is 6.41. The van der Waals surface area contributed by atoms with Gasteiger partial charge in [-0.3, -0.25) is 0 Å². The topological polar surface area (TPSA) is 55.4 Å². The summed E-state index contributed by atoms with van der Waals surface area (Å²) in [5.74, 6) is 3.26. The maximum absolute atomic E-state index is 6.06. The highest BCUT2D eigenvalue weighted by Gasteiger charge is 2.23. The third kappa shape index (κ3) is 3.90. The Labute approximate surface area is 163 Å². The quantitative estimate of drug-likeness (QED) is 0.556. The molecular weight excluding hydrogens is 460 g/mol. The van der Waals surface area contributed by atoms with Crippen molar-refractivity contribution < 1.29 is 28.4 Å². The molecule has 0 fully saturated rings. The minimum atomic E-state index is 0.420. The van der Waals surface area contributed by atoms with Crippen LogP contribution in [0.2, 0.25) is 0 Å². The lowest BCUT2D eigenvalue weighted by molar-refractivity contribution is 0.315. The highest BCUT2D eigenvalue weighted by molar-refractivity contribution is 9.11. The van der Waals surface area contributed by atoms with E-state index in [1.54, 1.807) is 32.4 Å². The van der Waals surface area contributed by atoms with Crippen LogP contribution in [0, 0.1) is 0 Å². The van der Waals surface area contributed by atoms with Gasteiger partial charge in [0.1, 0.15) is 10.2 Å². The van der Waals surface area contributed by atoms with E-state index < -0.39 is 0 Å². The summed E-state index contributed by atoms with van der Waals surface area (Å²) in [4.78, 5) is 0. The van der Waals surface area contributed by atoms with Crippen molar-refractivity contribution in [1.82, 2.24) is 0 Å². The smallest absolute Gasteiger partial charge is 0.211 e. The fourth-order valence-corrected chi connectivity index (χ4v) is 3.18. The first-order valence-corrected chi connectivity index (χ1v) is 8.67. The normalized spacial score (nSPS) is 10.2. The molecule has 6 nitrogen and oxygen atoms in total. The van der Waals surface area contributed by atoms with Crippen molar-refractivity contribution in [3.8, 4) is 40.2 Å². The van der Waals surface area contributed by atoms with Crippen LogP contribution >= 0.6 is 31.9 Å². The predicted octanol–water partition coefficient (Wildman–Crippen LogP) is 5.05. The molecule has 0 aliphatic rings. The molecule has 0 aliphatic carbocycles. The number of hydrogen-bond donors (Lipinski definition) is 0. The molecule has 0 saturated carbocycles. The van der Waals surface area contributed by atoms with Gasteiger partial charge < -0.3 is 28.4 Å². The molecule has 0 aliphatic heterocycles. The fraction of sp³-hybridized carbons (Fsp3) is 0.294. The summed E-state index contributed by atoms with van der Waals surface area (Å²) in [5, 5.41) is 0. The Hall–Kier alpha value is -1.80. The zero-order valence-corrected chi connectivity index (χ0v) is 17.6. The average molecular weight is 478 g/mol. The summed E-state index contributed by atoms with van der Waals surface area (Å²) in [6.45, 7) is 0. The molecule has 2 aromatic carbocycles. The van der Waals surface area contributed by atoms with Crippen LogP contribution in [0.1, 0.15) is 0 Å². The van der Waals surface area contributed by atoms with Crippen LogP contribution < -0.4 is 28.4 Å². The zero-order valence-electron chi connectivity index (χ0n) is 14.4. The molecule has 0 saturated heterocycles. The van der Waals surface area contributed by atoms with Crippen molar-refractivity contribution in [2.75, 3.05) is 35.5 Å². The van der Waals surface area contributed by atoms with Crippen molar-refractivity contribution >= 4 is 31.9 Å². The van der Waals surface area contributed by atoms with Gasteiger partial charge in [-0.15, -0.1) is 0 Å². The summed E-state index contributed by atoms with van der Waals surface area (Å²) in [7, 11) is 7.72. The monoisotopic (exact) mass is 476 g/mol. The number of rotatable bonds is 7. The Balaban J connectivity index is 2.62. The second kappa shape index (κ2) is 8.53. The summed E-state index contributed by atoms with van der Waals surface area (Å²) in [6, 6.07) is 5.25. The van der Waals surface area contributed by atoms with Gasteiger partial charge in [0.15, 0.2) is 23.0 Å². The number of benzene rings is 2. The lowest BCUT2D eigenvalue weighted by Crippen LogP contribution is -1.99. The molecule has 0 atom stereocenters. The number of ether oxygens (including phenoxy) is 6. The van der Waals surface area contributed by atoms with Crippen molar-refractivity contribution in [2.24, 2.45) is 0 Å². The van der Waals surface area contributed by atoms with E-state index in [0.717, 1.165) is 4.47 Å². The van der Waals surface area contributed by atoms with Crippen LogP contribution in [0.4, 0.5) is 0 Å². The van der Waals surface area contributed by atoms with Crippen LogP contribution in [0.3, 0.4) is 0 Å². The molecular formula is C17H18Br2O6. The molecule has 0 spiro atoms. The first kappa shape index (κ1) is 19.5. The van der Waals surface area contributed by atoms with E-state index in [2.05, 4.69) is 31.9 Å². The van der Waals surface area contributed by atoms with Crippen LogP contribution in [-0.4, -0.2) is 35.5 Å². The molecule has 0 unspecified atom stereocenters. The maximum atomic E-state index is 6.06. The van der Waals surface area contributed by atoms with Crippen LogP contribution in [-0.2, 0) is 0 Å². The third-order valence-electron chi connectivity index (χ3n) is 3.37. The van der Waals surface area contributed by atoms with Gasteiger partial charge in [-0.2, -0.15) is 0 Å².